The summed E-state index contributed by atoms with van der Waals surface area (Å²) in [6, 6.07) is 0. The highest BCUT2D eigenvalue weighted by Crippen LogP contribution is 2.48. The number of carbonyl (C=O) groups is 1. The normalized spacial score (nSPS) is 33.0. The molecule has 1 rings (SSSR count). The van der Waals surface area contributed by atoms with E-state index in [2.05, 4.69) is 26.8 Å². The number of carbonyl (C=O) groups excluding carboxylic acids is 1. The van der Waals surface area contributed by atoms with Crippen LogP contribution < -0.4 is 0 Å². The van der Waals surface area contributed by atoms with Gasteiger partial charge in [0.05, 0.1) is 11.7 Å². The molecule has 2 N–H and O–H groups in total. The molecule has 0 aromatic carbocycles. The quantitative estimate of drug-likeness (QED) is 0.736. The summed E-state index contributed by atoms with van der Waals surface area (Å²) in [5, 5.41) is 20.9. The van der Waals surface area contributed by atoms with Gasteiger partial charge in [0.2, 0.25) is 0 Å². The molecule has 1 aliphatic rings. The smallest absolute Gasteiger partial charge is 0.130 e. The van der Waals surface area contributed by atoms with Crippen molar-refractivity contribution in [3.05, 3.63) is 11.6 Å². The Morgan fingerprint density at radius 1 is 1.24 bits per heavy atom. The molecule has 0 radical (unpaired) electrons. The minimum Gasteiger partial charge on any atom is -0.393 e. The van der Waals surface area contributed by atoms with Crippen molar-refractivity contribution in [1.82, 2.24) is 0 Å². The molecule has 0 spiro atoms. The van der Waals surface area contributed by atoms with Crippen LogP contribution in [0.5, 0.6) is 0 Å². The zero-order chi connectivity index (χ0) is 16.3. The maximum Gasteiger partial charge on any atom is 0.130 e. The van der Waals surface area contributed by atoms with Crippen LogP contribution in [0.3, 0.4) is 0 Å². The highest BCUT2D eigenvalue weighted by molar-refractivity contribution is 5.75. The minimum absolute atomic E-state index is 0.0879. The summed E-state index contributed by atoms with van der Waals surface area (Å²) in [6.07, 6.45) is 6.30. The van der Waals surface area contributed by atoms with Gasteiger partial charge < -0.3 is 15.0 Å². The number of hydrogen-bond acceptors (Lipinski definition) is 3. The highest BCUT2D eigenvalue weighted by Gasteiger charge is 2.49. The van der Waals surface area contributed by atoms with E-state index in [1.165, 1.54) is 5.57 Å². The van der Waals surface area contributed by atoms with Crippen LogP contribution in [0.2, 0.25) is 0 Å². The van der Waals surface area contributed by atoms with Gasteiger partial charge in [0.25, 0.3) is 0 Å². The Morgan fingerprint density at radius 3 is 2.43 bits per heavy atom. The number of rotatable bonds is 6. The van der Waals surface area contributed by atoms with Gasteiger partial charge in [-0.05, 0) is 64.2 Å². The summed E-state index contributed by atoms with van der Waals surface area (Å²) >= 11 is 0. The SMILES string of the molecule is CC(=O)CC/C=C(\C)CC[C@H]1C(C)(C)[C@@H](O)CC[C@]1(C)O. The standard InChI is InChI=1S/C18H32O3/c1-13(7-6-8-14(2)19)9-10-15-17(3,4)16(20)11-12-18(15,5)21/h7,15-16,20-21H,6,8-12H2,1-5H3/b13-7+/t15-,16-,18-/m0/s1. The zero-order valence-electron chi connectivity index (χ0n) is 14.3. The molecule has 0 aromatic heterocycles. The number of ketones is 1. The lowest BCUT2D eigenvalue weighted by Gasteiger charge is -2.51. The van der Waals surface area contributed by atoms with Gasteiger partial charge in [-0.15, -0.1) is 0 Å². The lowest BCUT2D eigenvalue weighted by atomic mass is 9.59. The Kier molecular flexibility index (Phi) is 6.18. The van der Waals surface area contributed by atoms with Gasteiger partial charge in [0.15, 0.2) is 0 Å². The molecule has 0 heterocycles. The molecule has 0 saturated heterocycles. The third-order valence-corrected chi connectivity index (χ3v) is 5.25. The summed E-state index contributed by atoms with van der Waals surface area (Å²) in [6.45, 7) is 9.73. The fraction of sp³-hybridized carbons (Fsp3) is 0.833. The predicted octanol–water partition coefficient (Wildman–Crippen LogP) is 3.63. The summed E-state index contributed by atoms with van der Waals surface area (Å²) in [7, 11) is 0. The van der Waals surface area contributed by atoms with E-state index in [0.29, 0.717) is 19.3 Å². The summed E-state index contributed by atoms with van der Waals surface area (Å²) in [5.41, 5.74) is 0.298. The van der Waals surface area contributed by atoms with Crippen molar-refractivity contribution in [1.29, 1.82) is 0 Å². The van der Waals surface area contributed by atoms with Crippen LogP contribution in [-0.4, -0.2) is 27.7 Å². The van der Waals surface area contributed by atoms with Gasteiger partial charge in [0, 0.05) is 6.42 Å². The molecule has 1 aliphatic carbocycles. The van der Waals surface area contributed by atoms with Crippen LogP contribution in [-0.2, 0) is 4.79 Å². The lowest BCUT2D eigenvalue weighted by Crippen LogP contribution is -2.53. The van der Waals surface area contributed by atoms with Crippen LogP contribution in [0, 0.1) is 11.3 Å². The van der Waals surface area contributed by atoms with Crippen molar-refractivity contribution < 1.29 is 15.0 Å². The monoisotopic (exact) mass is 296 g/mol. The Bertz CT molecular complexity index is 393. The molecule has 1 saturated carbocycles. The number of hydrogen-bond donors (Lipinski definition) is 2. The van der Waals surface area contributed by atoms with E-state index in [0.717, 1.165) is 19.3 Å². The van der Waals surface area contributed by atoms with E-state index < -0.39 is 5.60 Å². The Morgan fingerprint density at radius 2 is 1.86 bits per heavy atom. The van der Waals surface area contributed by atoms with Crippen molar-refractivity contribution in [3.63, 3.8) is 0 Å². The van der Waals surface area contributed by atoms with Crippen LogP contribution in [0.25, 0.3) is 0 Å². The van der Waals surface area contributed by atoms with E-state index >= 15 is 0 Å². The topological polar surface area (TPSA) is 57.5 Å². The van der Waals surface area contributed by atoms with Crippen molar-refractivity contribution in [2.75, 3.05) is 0 Å². The third kappa shape index (κ3) is 4.93. The molecule has 0 aromatic rings. The average molecular weight is 296 g/mol. The third-order valence-electron chi connectivity index (χ3n) is 5.25. The van der Waals surface area contributed by atoms with Gasteiger partial charge in [0.1, 0.15) is 5.78 Å². The first-order chi connectivity index (χ1) is 9.57. The minimum atomic E-state index is -0.706. The zero-order valence-corrected chi connectivity index (χ0v) is 14.3. The Hall–Kier alpha value is -0.670. The summed E-state index contributed by atoms with van der Waals surface area (Å²) < 4.78 is 0. The van der Waals surface area contributed by atoms with Crippen molar-refractivity contribution in [3.8, 4) is 0 Å². The van der Waals surface area contributed by atoms with Crippen molar-refractivity contribution >= 4 is 5.78 Å². The van der Waals surface area contributed by atoms with Crippen LogP contribution in [0.4, 0.5) is 0 Å². The van der Waals surface area contributed by atoms with Crippen LogP contribution in [0.1, 0.15) is 73.1 Å². The van der Waals surface area contributed by atoms with Gasteiger partial charge in [-0.25, -0.2) is 0 Å². The first-order valence-electron chi connectivity index (χ1n) is 8.13. The first-order valence-corrected chi connectivity index (χ1v) is 8.13. The molecule has 1 fully saturated rings. The van der Waals surface area contributed by atoms with Gasteiger partial charge >= 0.3 is 0 Å². The van der Waals surface area contributed by atoms with E-state index in [1.54, 1.807) is 6.92 Å². The molecule has 3 heteroatoms. The molecule has 0 bridgehead atoms. The van der Waals surface area contributed by atoms with Crippen LogP contribution >= 0.6 is 0 Å². The van der Waals surface area contributed by atoms with Gasteiger partial charge in [-0.3, -0.25) is 0 Å². The van der Waals surface area contributed by atoms with Gasteiger partial charge in [-0.1, -0.05) is 25.5 Å². The molecular weight excluding hydrogens is 264 g/mol. The average Bonchev–Trinajstić information content (AvgIpc) is 2.33. The van der Waals surface area contributed by atoms with Gasteiger partial charge in [-0.2, -0.15) is 0 Å². The molecule has 0 aliphatic heterocycles. The predicted molar refractivity (Wildman–Crippen MR) is 86.0 cm³/mol. The largest absolute Gasteiger partial charge is 0.393 e. The number of allylic oxidation sites excluding steroid dienone is 2. The van der Waals surface area contributed by atoms with E-state index in [1.807, 2.05) is 6.92 Å². The lowest BCUT2D eigenvalue weighted by molar-refractivity contribution is -0.145. The summed E-state index contributed by atoms with van der Waals surface area (Å²) in [5.74, 6) is 0.309. The Labute approximate surface area is 129 Å². The van der Waals surface area contributed by atoms with E-state index in [4.69, 9.17) is 0 Å². The molecular formula is C18H32O3. The second-order valence-electron chi connectivity index (χ2n) is 7.62. The maximum absolute atomic E-state index is 10.9. The summed E-state index contributed by atoms with van der Waals surface area (Å²) in [4.78, 5) is 10.9. The molecule has 21 heavy (non-hydrogen) atoms. The molecule has 0 amide bonds. The van der Waals surface area contributed by atoms with Crippen LogP contribution in [0.15, 0.2) is 11.6 Å². The highest BCUT2D eigenvalue weighted by atomic mass is 16.3. The van der Waals surface area contributed by atoms with Crippen molar-refractivity contribution in [2.45, 2.75) is 84.8 Å². The maximum atomic E-state index is 10.9. The van der Waals surface area contributed by atoms with Crippen molar-refractivity contribution in [2.24, 2.45) is 11.3 Å². The molecule has 3 nitrogen and oxygen atoms in total. The number of aliphatic hydroxyl groups excluding tert-OH is 1. The fourth-order valence-electron chi connectivity index (χ4n) is 3.69. The number of Topliss-reactive ketones (excluding diaryl/α,β-unsaturated/α-hetero) is 1. The second-order valence-corrected chi connectivity index (χ2v) is 7.62. The molecule has 0 unspecified atom stereocenters. The fourth-order valence-corrected chi connectivity index (χ4v) is 3.69. The van der Waals surface area contributed by atoms with E-state index in [9.17, 15) is 15.0 Å². The number of aliphatic hydroxyl groups is 2. The van der Waals surface area contributed by atoms with E-state index in [-0.39, 0.29) is 23.2 Å². The first kappa shape index (κ1) is 18.4. The molecule has 122 valence electrons. The Balaban J connectivity index is 2.64. The second kappa shape index (κ2) is 7.06. The molecule has 3 atom stereocenters.